The molecule has 216 valence electrons. The lowest BCUT2D eigenvalue weighted by Gasteiger charge is -2.40. The molecule has 0 saturated heterocycles. The van der Waals surface area contributed by atoms with E-state index in [0.717, 1.165) is 28.8 Å². The fraction of sp³-hybridized carbons (Fsp3) is 0.438. The summed E-state index contributed by atoms with van der Waals surface area (Å²) < 4.78 is 6.81. The van der Waals surface area contributed by atoms with Crippen LogP contribution in [0.15, 0.2) is 66.9 Å². The van der Waals surface area contributed by atoms with Gasteiger partial charge in [-0.15, -0.1) is 0 Å². The number of carbonyl (C=O) groups excluding carboxylic acids is 1. The zero-order valence-electron chi connectivity index (χ0n) is 24.7. The van der Waals surface area contributed by atoms with Crippen LogP contribution >= 0.6 is 0 Å². The molecule has 40 heavy (non-hydrogen) atoms. The molecule has 3 rings (SSSR count). The third kappa shape index (κ3) is 9.27. The Kier molecular flexibility index (Phi) is 11.0. The van der Waals surface area contributed by atoms with Gasteiger partial charge in [0.15, 0.2) is 8.32 Å². The third-order valence-electron chi connectivity index (χ3n) is 7.63. The maximum atomic E-state index is 12.5. The molecule has 0 radical (unpaired) electrons. The number of amides is 1. The van der Waals surface area contributed by atoms with Gasteiger partial charge in [0.1, 0.15) is 5.75 Å². The van der Waals surface area contributed by atoms with Crippen LogP contribution in [0.1, 0.15) is 61.7 Å². The van der Waals surface area contributed by atoms with E-state index in [1.165, 1.54) is 0 Å². The Morgan fingerprint density at radius 2 is 1.80 bits per heavy atom. The van der Waals surface area contributed by atoms with E-state index >= 15 is 0 Å². The summed E-state index contributed by atoms with van der Waals surface area (Å²) in [5.74, 6) is 0.0553. The second-order valence-electron chi connectivity index (χ2n) is 12.0. The average molecular weight is 564 g/mol. The fourth-order valence-corrected chi connectivity index (χ4v) is 5.52. The summed E-state index contributed by atoms with van der Waals surface area (Å²) in [6.45, 7) is 14.0. The molecule has 1 amide bonds. The number of pyridine rings is 1. The van der Waals surface area contributed by atoms with Crippen molar-refractivity contribution in [1.82, 2.24) is 15.6 Å². The molecular formula is C32H45N3O4Si. The molecule has 7 nitrogen and oxygen atoms in total. The highest BCUT2D eigenvalue weighted by atomic mass is 28.4. The minimum absolute atomic E-state index is 0.0317. The first kappa shape index (κ1) is 31.5. The van der Waals surface area contributed by atoms with Gasteiger partial charge in [-0.1, -0.05) is 57.2 Å². The predicted octanol–water partition coefficient (Wildman–Crippen LogP) is 5.42. The van der Waals surface area contributed by atoms with E-state index in [1.807, 2.05) is 42.5 Å². The van der Waals surface area contributed by atoms with E-state index in [1.54, 1.807) is 12.3 Å². The molecule has 4 N–H and O–H groups in total. The van der Waals surface area contributed by atoms with Crippen LogP contribution in [0.5, 0.6) is 5.75 Å². The van der Waals surface area contributed by atoms with Crippen molar-refractivity contribution in [3.8, 4) is 5.75 Å². The lowest BCUT2D eigenvalue weighted by atomic mass is 10.0. The predicted molar refractivity (Wildman–Crippen MR) is 162 cm³/mol. The van der Waals surface area contributed by atoms with Gasteiger partial charge in [-0.05, 0) is 72.4 Å². The minimum Gasteiger partial charge on any atom is -0.508 e. The summed E-state index contributed by atoms with van der Waals surface area (Å²) in [7, 11) is -2.10. The summed E-state index contributed by atoms with van der Waals surface area (Å²) in [5, 5.41) is 26.4. The van der Waals surface area contributed by atoms with E-state index in [2.05, 4.69) is 68.5 Å². The van der Waals surface area contributed by atoms with Crippen LogP contribution in [0.4, 0.5) is 0 Å². The van der Waals surface area contributed by atoms with Gasteiger partial charge in [0.2, 0.25) is 5.91 Å². The Hall–Kier alpha value is -3.04. The Labute approximate surface area is 240 Å². The Morgan fingerprint density at radius 1 is 1.05 bits per heavy atom. The summed E-state index contributed by atoms with van der Waals surface area (Å²) in [6, 6.07) is 19.3. The van der Waals surface area contributed by atoms with Crippen LogP contribution in [-0.4, -0.2) is 42.0 Å². The van der Waals surface area contributed by atoms with Crippen LogP contribution in [0.2, 0.25) is 18.1 Å². The molecule has 0 unspecified atom stereocenters. The molecule has 0 bridgehead atoms. The molecule has 0 spiro atoms. The number of rotatable bonds is 13. The van der Waals surface area contributed by atoms with Gasteiger partial charge in [-0.3, -0.25) is 9.78 Å². The molecule has 1 aromatic heterocycles. The standard InChI is InChI=1S/C32H45N3O4Si/c1-23(16-24-10-9-11-25(17-24)18-31(38)35-20-28-12-7-8-15-33-28)34-21-30(39-40(5,6)32(2,3)4)26-13-14-29(37)27(19-26)22-36/h7-15,17,19,23,30,34,36-37H,16,18,20-22H2,1-6H3,(H,35,38)/t23-,30-/m1/s1. The van der Waals surface area contributed by atoms with Crippen molar-refractivity contribution in [2.45, 2.75) is 84.0 Å². The van der Waals surface area contributed by atoms with Gasteiger partial charge in [0.05, 0.1) is 31.4 Å². The number of hydrogen-bond donors (Lipinski definition) is 4. The van der Waals surface area contributed by atoms with Crippen molar-refractivity contribution in [1.29, 1.82) is 0 Å². The van der Waals surface area contributed by atoms with Crippen molar-refractivity contribution in [2.24, 2.45) is 0 Å². The van der Waals surface area contributed by atoms with Gasteiger partial charge < -0.3 is 25.3 Å². The molecule has 2 aromatic carbocycles. The fourth-order valence-electron chi connectivity index (χ4n) is 4.23. The number of aliphatic hydroxyl groups excluding tert-OH is 1. The molecule has 0 aliphatic rings. The Bertz CT molecular complexity index is 1240. The lowest BCUT2D eigenvalue weighted by Crippen LogP contribution is -2.44. The maximum Gasteiger partial charge on any atom is 0.224 e. The minimum atomic E-state index is -2.10. The Morgan fingerprint density at radius 3 is 2.48 bits per heavy atom. The van der Waals surface area contributed by atoms with Gasteiger partial charge in [0, 0.05) is 24.3 Å². The number of nitrogens with one attached hydrogen (secondary N) is 2. The lowest BCUT2D eigenvalue weighted by molar-refractivity contribution is -0.120. The highest BCUT2D eigenvalue weighted by Gasteiger charge is 2.39. The van der Waals surface area contributed by atoms with Crippen LogP contribution in [0, 0.1) is 0 Å². The molecule has 0 fully saturated rings. The molecule has 0 aliphatic heterocycles. The SMILES string of the molecule is C[C@H](Cc1cccc(CC(=O)NCc2ccccn2)c1)NC[C@@H](O[Si](C)(C)C(C)(C)C)c1ccc(O)c(CO)c1. The van der Waals surface area contributed by atoms with E-state index in [4.69, 9.17) is 4.43 Å². The molecule has 2 atom stereocenters. The van der Waals surface area contributed by atoms with E-state index in [9.17, 15) is 15.0 Å². The Balaban J connectivity index is 1.63. The normalized spacial score (nSPS) is 13.6. The summed E-state index contributed by atoms with van der Waals surface area (Å²) in [6.07, 6.45) is 2.62. The number of carbonyl (C=O) groups is 1. The number of aliphatic hydroxyl groups is 1. The van der Waals surface area contributed by atoms with Crippen LogP contribution in [-0.2, 0) is 35.2 Å². The second-order valence-corrected chi connectivity index (χ2v) is 16.8. The highest BCUT2D eigenvalue weighted by Crippen LogP contribution is 2.40. The number of aromatic hydroxyl groups is 1. The first-order valence-corrected chi connectivity index (χ1v) is 16.9. The van der Waals surface area contributed by atoms with Crippen molar-refractivity contribution >= 4 is 14.2 Å². The second kappa shape index (κ2) is 14.0. The zero-order valence-corrected chi connectivity index (χ0v) is 25.7. The van der Waals surface area contributed by atoms with Gasteiger partial charge in [0.25, 0.3) is 0 Å². The third-order valence-corrected chi connectivity index (χ3v) is 12.1. The van der Waals surface area contributed by atoms with Crippen molar-refractivity contribution in [3.05, 3.63) is 94.8 Å². The van der Waals surface area contributed by atoms with Crippen LogP contribution < -0.4 is 10.6 Å². The summed E-state index contributed by atoms with van der Waals surface area (Å²) in [5.41, 5.74) is 4.40. The number of nitrogens with zero attached hydrogens (tertiary/aromatic N) is 1. The first-order valence-electron chi connectivity index (χ1n) is 14.0. The quantitative estimate of drug-likeness (QED) is 0.207. The maximum absolute atomic E-state index is 12.5. The van der Waals surface area contributed by atoms with Crippen LogP contribution in [0.3, 0.4) is 0 Å². The largest absolute Gasteiger partial charge is 0.508 e. The van der Waals surface area contributed by atoms with Crippen molar-refractivity contribution < 1.29 is 19.4 Å². The van der Waals surface area contributed by atoms with E-state index < -0.39 is 8.32 Å². The molecule has 0 saturated carbocycles. The van der Waals surface area contributed by atoms with Gasteiger partial charge >= 0.3 is 0 Å². The number of phenols is 1. The van der Waals surface area contributed by atoms with Crippen molar-refractivity contribution in [2.75, 3.05) is 6.54 Å². The highest BCUT2D eigenvalue weighted by molar-refractivity contribution is 6.74. The zero-order chi connectivity index (χ0) is 29.3. The first-order chi connectivity index (χ1) is 18.9. The number of benzene rings is 2. The monoisotopic (exact) mass is 563 g/mol. The molecular weight excluding hydrogens is 518 g/mol. The number of aromatic nitrogens is 1. The van der Waals surface area contributed by atoms with E-state index in [0.29, 0.717) is 25.1 Å². The molecule has 8 heteroatoms. The van der Waals surface area contributed by atoms with Gasteiger partial charge in [-0.2, -0.15) is 0 Å². The average Bonchev–Trinajstić information content (AvgIpc) is 2.90. The smallest absolute Gasteiger partial charge is 0.224 e. The molecule has 3 aromatic rings. The summed E-state index contributed by atoms with van der Waals surface area (Å²) >= 11 is 0. The van der Waals surface area contributed by atoms with Crippen LogP contribution in [0.25, 0.3) is 0 Å². The number of hydrogen-bond acceptors (Lipinski definition) is 6. The van der Waals surface area contributed by atoms with E-state index in [-0.39, 0.29) is 35.4 Å². The van der Waals surface area contributed by atoms with Gasteiger partial charge in [-0.25, -0.2) is 0 Å². The molecule has 1 heterocycles. The van der Waals surface area contributed by atoms with Crippen molar-refractivity contribution in [3.63, 3.8) is 0 Å². The molecule has 0 aliphatic carbocycles. The topological polar surface area (TPSA) is 104 Å². The summed E-state index contributed by atoms with van der Waals surface area (Å²) in [4.78, 5) is 16.7.